The molecule has 1 fully saturated rings. The fourth-order valence-electron chi connectivity index (χ4n) is 8.20. The number of phosphoric ester groups is 1. The molecule has 0 spiro atoms. The Labute approximate surface area is 425 Å². The molecule has 70 heavy (non-hydrogen) atoms. The maximum Gasteiger partial charge on any atom is 0.472 e. The van der Waals surface area contributed by atoms with Gasteiger partial charge in [0.1, 0.15) is 42.7 Å². The van der Waals surface area contributed by atoms with E-state index in [4.69, 9.17) is 18.5 Å². The number of ether oxygens (including phenoxy) is 2. The molecule has 6 atom stereocenters. The van der Waals surface area contributed by atoms with Crippen LogP contribution in [0.5, 0.6) is 0 Å². The Morgan fingerprint density at radius 2 is 0.843 bits per heavy atom. The predicted octanol–water partition coefficient (Wildman–Crippen LogP) is 13.1. The van der Waals surface area contributed by atoms with Crippen LogP contribution in [0.3, 0.4) is 0 Å². The molecule has 13 heteroatoms. The van der Waals surface area contributed by atoms with Crippen molar-refractivity contribution >= 4 is 13.8 Å². The summed E-state index contributed by atoms with van der Waals surface area (Å²) in [5.74, 6) is -0.483. The highest BCUT2D eigenvalue weighted by atomic mass is 31.2. The van der Waals surface area contributed by atoms with Crippen LogP contribution in [0, 0.1) is 0 Å². The Bertz CT molecular complexity index is 1430. The molecule has 0 aromatic heterocycles. The molecule has 12 nitrogen and oxygen atoms in total. The first-order valence-corrected chi connectivity index (χ1v) is 29.3. The lowest BCUT2D eigenvalue weighted by atomic mass is 9.85. The molecule has 0 aromatic rings. The number of aliphatic hydroxyl groups is 5. The first-order chi connectivity index (χ1) is 34.0. The lowest BCUT2D eigenvalue weighted by Crippen LogP contribution is -2.64. The van der Waals surface area contributed by atoms with Crippen molar-refractivity contribution in [3.05, 3.63) is 72.9 Å². The lowest BCUT2D eigenvalue weighted by Gasteiger charge is -2.41. The van der Waals surface area contributed by atoms with Crippen molar-refractivity contribution in [1.29, 1.82) is 0 Å². The van der Waals surface area contributed by atoms with E-state index in [1.54, 1.807) is 0 Å². The van der Waals surface area contributed by atoms with Crippen LogP contribution < -0.4 is 0 Å². The highest BCUT2D eigenvalue weighted by Gasteiger charge is 2.51. The zero-order valence-corrected chi connectivity index (χ0v) is 44.7. The second-order valence-electron chi connectivity index (χ2n) is 19.0. The molecule has 0 aliphatic heterocycles. The van der Waals surface area contributed by atoms with Gasteiger partial charge < -0.3 is 39.9 Å². The van der Waals surface area contributed by atoms with Gasteiger partial charge in [0.25, 0.3) is 0 Å². The van der Waals surface area contributed by atoms with Crippen LogP contribution in [-0.4, -0.2) is 98.9 Å². The zero-order chi connectivity index (χ0) is 51.2. The summed E-state index contributed by atoms with van der Waals surface area (Å²) in [7, 11) is -5.03. The topological polar surface area (TPSA) is 192 Å². The van der Waals surface area contributed by atoms with E-state index < -0.39 is 63.1 Å². The van der Waals surface area contributed by atoms with Crippen molar-refractivity contribution in [2.24, 2.45) is 0 Å². The molecule has 0 aromatic carbocycles. The molecular formula is C57H101O12P. The van der Waals surface area contributed by atoms with E-state index in [2.05, 4.69) is 86.8 Å². The van der Waals surface area contributed by atoms with Gasteiger partial charge in [0.05, 0.1) is 13.2 Å². The number of phosphoric acid groups is 1. The van der Waals surface area contributed by atoms with Crippen molar-refractivity contribution in [2.45, 2.75) is 262 Å². The molecule has 0 heterocycles. The van der Waals surface area contributed by atoms with Gasteiger partial charge >= 0.3 is 13.8 Å². The third kappa shape index (κ3) is 37.5. The normalized spacial score (nSPS) is 21.4. The van der Waals surface area contributed by atoms with Crippen molar-refractivity contribution in [1.82, 2.24) is 0 Å². The summed E-state index contributed by atoms with van der Waals surface area (Å²) in [4.78, 5) is 23.3. The van der Waals surface area contributed by atoms with E-state index in [0.29, 0.717) is 13.0 Å². The smallest absolute Gasteiger partial charge is 0.457 e. The Hall–Kier alpha value is -2.22. The molecule has 0 amide bonds. The summed E-state index contributed by atoms with van der Waals surface area (Å²) in [5, 5.41) is 50.4. The number of carbonyl (C=O) groups is 1. The fourth-order valence-corrected chi connectivity index (χ4v) is 9.17. The molecule has 1 rings (SSSR count). The first-order valence-electron chi connectivity index (χ1n) is 27.8. The number of rotatable bonds is 47. The standard InChI is InChI=1S/C57H101O12P/c1-3-5-7-9-11-13-15-17-19-21-23-24-25-26-27-29-31-33-35-37-39-41-43-45-47-66-48-50(49-67-70(64,65)69-57-55(62)53(60)52(59)54(61)56(57)63)68-51(58)46-44-42-40-38-36-34-32-30-28-22-20-18-16-14-12-10-8-6-4-2/h5,7,11-14,17-20,23-24,50,52-57,59-63H,3-4,6,8-10,15-16,21-22,25-49H2,1-2H3,(H,64,65)/b7-5-,13-11-,14-12-,19-17-,20-18-,24-23-. The van der Waals surface area contributed by atoms with Crippen molar-refractivity contribution in [3.8, 4) is 0 Å². The van der Waals surface area contributed by atoms with Crippen LogP contribution in [0.15, 0.2) is 72.9 Å². The average Bonchev–Trinajstić information content (AvgIpc) is 3.35. The van der Waals surface area contributed by atoms with Crippen LogP contribution >= 0.6 is 7.82 Å². The van der Waals surface area contributed by atoms with Crippen LogP contribution in [0.2, 0.25) is 0 Å². The molecular weight excluding hydrogens is 908 g/mol. The Balaban J connectivity index is 2.30. The fraction of sp³-hybridized carbons (Fsp3) is 0.772. The van der Waals surface area contributed by atoms with Gasteiger partial charge in [0.15, 0.2) is 0 Å². The van der Waals surface area contributed by atoms with Gasteiger partial charge in [-0.3, -0.25) is 13.8 Å². The Morgan fingerprint density at radius 1 is 0.471 bits per heavy atom. The summed E-state index contributed by atoms with van der Waals surface area (Å²) in [6, 6.07) is 0. The monoisotopic (exact) mass is 1010 g/mol. The Morgan fingerprint density at radius 3 is 1.29 bits per heavy atom. The number of hydrogen-bond donors (Lipinski definition) is 6. The van der Waals surface area contributed by atoms with Crippen molar-refractivity contribution < 1.29 is 58.3 Å². The molecule has 1 saturated carbocycles. The minimum absolute atomic E-state index is 0.0830. The van der Waals surface area contributed by atoms with Gasteiger partial charge in [-0.2, -0.15) is 0 Å². The van der Waals surface area contributed by atoms with E-state index in [1.165, 1.54) is 109 Å². The van der Waals surface area contributed by atoms with Crippen LogP contribution in [0.1, 0.15) is 219 Å². The number of allylic oxidation sites excluding steroid dienone is 12. The van der Waals surface area contributed by atoms with Gasteiger partial charge in [0, 0.05) is 13.0 Å². The van der Waals surface area contributed by atoms with E-state index >= 15 is 0 Å². The SMILES string of the molecule is CC/C=C\C/C=C\C/C=C\C/C=C\CCCCCCCCCCCCCOCC(COP(=O)(O)OC1C(O)C(O)C(O)C(O)C1O)OC(=O)CCCCCCCCCCC/C=C\C/C=C\CCCCC. The quantitative estimate of drug-likeness (QED) is 0.0147. The summed E-state index contributed by atoms with van der Waals surface area (Å²) < 4.78 is 34.4. The van der Waals surface area contributed by atoms with E-state index in [-0.39, 0.29) is 13.0 Å². The minimum atomic E-state index is -5.03. The summed E-state index contributed by atoms with van der Waals surface area (Å²) >= 11 is 0. The number of carbonyl (C=O) groups excluding carboxylic acids is 1. The molecule has 6 unspecified atom stereocenters. The van der Waals surface area contributed by atoms with Gasteiger partial charge in [-0.05, 0) is 83.5 Å². The number of aliphatic hydroxyl groups excluding tert-OH is 5. The van der Waals surface area contributed by atoms with E-state index in [0.717, 1.165) is 83.5 Å². The third-order valence-electron chi connectivity index (χ3n) is 12.6. The van der Waals surface area contributed by atoms with Crippen molar-refractivity contribution in [3.63, 3.8) is 0 Å². The molecule has 1 aliphatic rings. The Kier molecular flexibility index (Phi) is 43.8. The molecule has 0 radical (unpaired) electrons. The van der Waals surface area contributed by atoms with Gasteiger partial charge in [-0.1, -0.05) is 202 Å². The summed E-state index contributed by atoms with van der Waals surface area (Å²) in [6.07, 6.45) is 49.6. The minimum Gasteiger partial charge on any atom is -0.457 e. The second kappa shape index (κ2) is 46.6. The number of unbranched alkanes of at least 4 members (excludes halogenated alkanes) is 23. The van der Waals surface area contributed by atoms with Gasteiger partial charge in [0.2, 0.25) is 0 Å². The average molecular weight is 1010 g/mol. The number of esters is 1. The summed E-state index contributed by atoms with van der Waals surface area (Å²) in [6.45, 7) is 4.13. The van der Waals surface area contributed by atoms with E-state index in [9.17, 15) is 39.8 Å². The third-order valence-corrected chi connectivity index (χ3v) is 13.5. The molecule has 1 aliphatic carbocycles. The lowest BCUT2D eigenvalue weighted by molar-refractivity contribution is -0.220. The van der Waals surface area contributed by atoms with Crippen LogP contribution in [-0.2, 0) is 27.9 Å². The highest BCUT2D eigenvalue weighted by molar-refractivity contribution is 7.47. The molecule has 6 N–H and O–H groups in total. The molecule has 406 valence electrons. The van der Waals surface area contributed by atoms with Crippen LogP contribution in [0.4, 0.5) is 0 Å². The van der Waals surface area contributed by atoms with Gasteiger partial charge in [-0.15, -0.1) is 0 Å². The van der Waals surface area contributed by atoms with E-state index in [1.807, 2.05) is 0 Å². The van der Waals surface area contributed by atoms with Crippen LogP contribution in [0.25, 0.3) is 0 Å². The molecule has 0 bridgehead atoms. The second-order valence-corrected chi connectivity index (χ2v) is 20.5. The highest BCUT2D eigenvalue weighted by Crippen LogP contribution is 2.47. The largest absolute Gasteiger partial charge is 0.472 e. The molecule has 0 saturated heterocycles. The maximum atomic E-state index is 12.9. The van der Waals surface area contributed by atoms with Crippen molar-refractivity contribution in [2.75, 3.05) is 19.8 Å². The summed E-state index contributed by atoms with van der Waals surface area (Å²) in [5.41, 5.74) is 0. The first kappa shape index (κ1) is 65.8. The van der Waals surface area contributed by atoms with Gasteiger partial charge in [-0.25, -0.2) is 4.57 Å². The zero-order valence-electron chi connectivity index (χ0n) is 43.8. The maximum absolute atomic E-state index is 12.9. The predicted molar refractivity (Wildman–Crippen MR) is 285 cm³/mol. The number of hydrogen-bond acceptors (Lipinski definition) is 11.